The van der Waals surface area contributed by atoms with E-state index in [4.69, 9.17) is 5.73 Å². The number of aromatic nitrogens is 2. The van der Waals surface area contributed by atoms with Gasteiger partial charge >= 0.3 is 0 Å². The molecule has 1 unspecified atom stereocenters. The quantitative estimate of drug-likeness (QED) is 0.688. The maximum absolute atomic E-state index is 5.92. The van der Waals surface area contributed by atoms with Crippen molar-refractivity contribution >= 4 is 0 Å². The maximum Gasteiger partial charge on any atom is 0.0551 e. The highest BCUT2D eigenvalue weighted by molar-refractivity contribution is 5.09. The zero-order valence-electron chi connectivity index (χ0n) is 7.62. The first-order valence-corrected chi connectivity index (χ1v) is 3.99. The molecule has 3 heteroatoms. The van der Waals surface area contributed by atoms with E-state index in [9.17, 15) is 0 Å². The van der Waals surface area contributed by atoms with Crippen LogP contribution in [0.15, 0.2) is 24.4 Å². The molecule has 1 heterocycles. The Labute approximate surface area is 72.9 Å². The Balaban J connectivity index is 2.71. The predicted molar refractivity (Wildman–Crippen MR) is 49.6 cm³/mol. The van der Waals surface area contributed by atoms with Gasteiger partial charge in [-0.1, -0.05) is 5.57 Å². The lowest BCUT2D eigenvalue weighted by atomic mass is 10.1. The minimum atomic E-state index is 0.0231. The molecule has 0 amide bonds. The molecule has 0 saturated heterocycles. The summed E-state index contributed by atoms with van der Waals surface area (Å²) in [5.74, 6) is 0. The van der Waals surface area contributed by atoms with E-state index in [1.807, 2.05) is 20.0 Å². The Kier molecular flexibility index (Phi) is 2.65. The summed E-state index contributed by atoms with van der Waals surface area (Å²) in [5, 5.41) is 4.05. The molecule has 2 N–H and O–H groups in total. The van der Waals surface area contributed by atoms with E-state index < -0.39 is 0 Å². The van der Waals surface area contributed by atoms with E-state index in [1.165, 1.54) is 0 Å². The molecule has 0 bridgehead atoms. The van der Waals surface area contributed by atoms with Crippen molar-refractivity contribution in [2.75, 3.05) is 0 Å². The first-order chi connectivity index (χ1) is 5.61. The van der Waals surface area contributed by atoms with Crippen molar-refractivity contribution in [3.63, 3.8) is 0 Å². The number of nitrogens with two attached hydrogens (primary N) is 1. The summed E-state index contributed by atoms with van der Waals surface area (Å²) >= 11 is 0. The van der Waals surface area contributed by atoms with Gasteiger partial charge in [-0.25, -0.2) is 0 Å². The lowest BCUT2D eigenvalue weighted by Gasteiger charge is -2.11. The summed E-state index contributed by atoms with van der Waals surface area (Å²) in [6.45, 7) is 5.81. The van der Waals surface area contributed by atoms with E-state index >= 15 is 0 Å². The zero-order valence-corrected chi connectivity index (χ0v) is 7.62. The van der Waals surface area contributed by atoms with Crippen LogP contribution >= 0.6 is 0 Å². The van der Waals surface area contributed by atoms with Crippen molar-refractivity contribution in [3.05, 3.63) is 30.1 Å². The summed E-state index contributed by atoms with van der Waals surface area (Å²) < 4.78 is 1.80. The second kappa shape index (κ2) is 3.54. The van der Waals surface area contributed by atoms with Crippen LogP contribution in [0.3, 0.4) is 0 Å². The number of hydrogen-bond acceptors (Lipinski definition) is 2. The molecule has 0 aliphatic heterocycles. The summed E-state index contributed by atoms with van der Waals surface area (Å²) in [7, 11) is 1.90. The third-order valence-electron chi connectivity index (χ3n) is 1.81. The Bertz CT molecular complexity index is 275. The van der Waals surface area contributed by atoms with Gasteiger partial charge in [-0.15, -0.1) is 6.58 Å². The van der Waals surface area contributed by atoms with Gasteiger partial charge in [-0.05, 0) is 19.4 Å². The topological polar surface area (TPSA) is 43.8 Å². The third-order valence-corrected chi connectivity index (χ3v) is 1.81. The van der Waals surface area contributed by atoms with Crippen molar-refractivity contribution in [1.29, 1.82) is 0 Å². The molecule has 0 radical (unpaired) electrons. The summed E-state index contributed by atoms with van der Waals surface area (Å²) in [4.78, 5) is 0. The lowest BCUT2D eigenvalue weighted by Crippen LogP contribution is -2.14. The molecule has 66 valence electrons. The molecule has 1 aromatic heterocycles. The van der Waals surface area contributed by atoms with Crippen LogP contribution in [0.1, 0.15) is 25.1 Å². The van der Waals surface area contributed by atoms with Crippen LogP contribution in [0, 0.1) is 0 Å². The second-order valence-corrected chi connectivity index (χ2v) is 3.15. The van der Waals surface area contributed by atoms with Crippen LogP contribution in [-0.2, 0) is 7.05 Å². The van der Waals surface area contributed by atoms with Gasteiger partial charge in [-0.2, -0.15) is 5.10 Å². The Morgan fingerprint density at radius 3 is 2.92 bits per heavy atom. The summed E-state index contributed by atoms with van der Waals surface area (Å²) in [5.41, 5.74) is 8.07. The van der Waals surface area contributed by atoms with Crippen LogP contribution in [-0.4, -0.2) is 9.78 Å². The van der Waals surface area contributed by atoms with E-state index in [1.54, 1.807) is 10.9 Å². The van der Waals surface area contributed by atoms with E-state index in [0.29, 0.717) is 0 Å². The molecule has 3 nitrogen and oxygen atoms in total. The molecule has 0 saturated carbocycles. The maximum atomic E-state index is 5.92. The number of nitrogens with zero attached hydrogens (tertiary/aromatic N) is 2. The number of rotatable bonds is 3. The van der Waals surface area contributed by atoms with Gasteiger partial charge in [0.1, 0.15) is 0 Å². The average Bonchev–Trinajstić information content (AvgIpc) is 2.33. The van der Waals surface area contributed by atoms with E-state index in [-0.39, 0.29) is 6.04 Å². The second-order valence-electron chi connectivity index (χ2n) is 3.15. The molecule has 0 aliphatic carbocycles. The fourth-order valence-electron chi connectivity index (χ4n) is 1.23. The minimum absolute atomic E-state index is 0.0231. The largest absolute Gasteiger partial charge is 0.322 e. The van der Waals surface area contributed by atoms with Crippen LogP contribution in [0.25, 0.3) is 0 Å². The van der Waals surface area contributed by atoms with Gasteiger partial charge in [0, 0.05) is 13.2 Å². The van der Waals surface area contributed by atoms with Crippen molar-refractivity contribution < 1.29 is 0 Å². The predicted octanol–water partition coefficient (Wildman–Crippen LogP) is 1.39. The number of hydrogen-bond donors (Lipinski definition) is 1. The molecule has 0 aliphatic rings. The molecule has 1 aromatic rings. The Morgan fingerprint density at radius 1 is 1.83 bits per heavy atom. The first kappa shape index (κ1) is 9.00. The highest BCUT2D eigenvalue weighted by Crippen LogP contribution is 2.15. The Morgan fingerprint density at radius 2 is 2.50 bits per heavy atom. The molecule has 12 heavy (non-hydrogen) atoms. The lowest BCUT2D eigenvalue weighted by molar-refractivity contribution is 0.615. The van der Waals surface area contributed by atoms with Crippen molar-refractivity contribution in [1.82, 2.24) is 9.78 Å². The molecule has 0 spiro atoms. The van der Waals surface area contributed by atoms with Crippen molar-refractivity contribution in [2.45, 2.75) is 19.4 Å². The highest BCUT2D eigenvalue weighted by atomic mass is 15.3. The fourth-order valence-corrected chi connectivity index (χ4v) is 1.23. The minimum Gasteiger partial charge on any atom is -0.322 e. The third kappa shape index (κ3) is 1.95. The van der Waals surface area contributed by atoms with Gasteiger partial charge in [0.25, 0.3) is 0 Å². The molecule has 1 rings (SSSR count). The monoisotopic (exact) mass is 165 g/mol. The van der Waals surface area contributed by atoms with E-state index in [0.717, 1.165) is 17.7 Å². The summed E-state index contributed by atoms with van der Waals surface area (Å²) in [6.07, 6.45) is 2.58. The molecular formula is C9H15N3. The van der Waals surface area contributed by atoms with Crippen LogP contribution < -0.4 is 5.73 Å². The fraction of sp³-hybridized carbons (Fsp3) is 0.444. The van der Waals surface area contributed by atoms with Gasteiger partial charge in [0.05, 0.1) is 11.7 Å². The van der Waals surface area contributed by atoms with Gasteiger partial charge in [0.15, 0.2) is 0 Å². The van der Waals surface area contributed by atoms with E-state index in [2.05, 4.69) is 11.7 Å². The van der Waals surface area contributed by atoms with Gasteiger partial charge < -0.3 is 5.73 Å². The van der Waals surface area contributed by atoms with Crippen LogP contribution in [0.5, 0.6) is 0 Å². The molecule has 0 aromatic carbocycles. The van der Waals surface area contributed by atoms with Crippen LogP contribution in [0.2, 0.25) is 0 Å². The SMILES string of the molecule is C=C(C)CC(N)c1ccnn1C. The Hall–Kier alpha value is -1.09. The molecular weight excluding hydrogens is 150 g/mol. The van der Waals surface area contributed by atoms with Crippen molar-refractivity contribution in [2.24, 2.45) is 12.8 Å². The smallest absolute Gasteiger partial charge is 0.0551 e. The zero-order chi connectivity index (χ0) is 9.14. The first-order valence-electron chi connectivity index (χ1n) is 3.99. The molecule has 1 atom stereocenters. The van der Waals surface area contributed by atoms with Gasteiger partial charge in [0.2, 0.25) is 0 Å². The summed E-state index contributed by atoms with van der Waals surface area (Å²) in [6, 6.07) is 1.96. The normalized spacial score (nSPS) is 12.9. The molecule has 0 fully saturated rings. The van der Waals surface area contributed by atoms with Gasteiger partial charge in [-0.3, -0.25) is 4.68 Å². The van der Waals surface area contributed by atoms with Crippen molar-refractivity contribution in [3.8, 4) is 0 Å². The van der Waals surface area contributed by atoms with Crippen LogP contribution in [0.4, 0.5) is 0 Å². The highest BCUT2D eigenvalue weighted by Gasteiger charge is 2.08. The number of aryl methyl sites for hydroxylation is 1. The standard InChI is InChI=1S/C9H15N3/c1-7(2)6-8(10)9-4-5-11-12(9)3/h4-5,8H,1,6,10H2,2-3H3. The average molecular weight is 165 g/mol.